The molecule has 112 valence electrons. The van der Waals surface area contributed by atoms with Gasteiger partial charge in [-0.05, 0) is 24.5 Å². The lowest BCUT2D eigenvalue weighted by Crippen LogP contribution is -2.33. The van der Waals surface area contributed by atoms with Crippen molar-refractivity contribution >= 4 is 22.7 Å². The van der Waals surface area contributed by atoms with Gasteiger partial charge in [-0.15, -0.1) is 0 Å². The number of H-pyrrole nitrogens is 1. The molecule has 5 nitrogen and oxygen atoms in total. The van der Waals surface area contributed by atoms with Gasteiger partial charge in [-0.1, -0.05) is 25.1 Å². The largest absolute Gasteiger partial charge is 0.361 e. The zero-order valence-corrected chi connectivity index (χ0v) is 12.2. The maximum absolute atomic E-state index is 11.6. The molecular formula is C16H21N3O2. The number of hydrogen-bond donors (Lipinski definition) is 3. The molecule has 0 aliphatic carbocycles. The molecule has 0 aliphatic rings. The number of carbonyl (C=O) groups excluding carboxylic acids is 2. The average molecular weight is 287 g/mol. The fourth-order valence-corrected chi connectivity index (χ4v) is 2.21. The van der Waals surface area contributed by atoms with Crippen molar-refractivity contribution in [3.63, 3.8) is 0 Å². The number of para-hydroxylation sites is 1. The lowest BCUT2D eigenvalue weighted by Gasteiger charge is -2.05. The van der Waals surface area contributed by atoms with Crippen LogP contribution >= 0.6 is 0 Å². The number of fused-ring (bicyclic) bond motifs is 1. The molecule has 0 radical (unpaired) electrons. The van der Waals surface area contributed by atoms with Crippen LogP contribution in [-0.4, -0.2) is 29.9 Å². The van der Waals surface area contributed by atoms with E-state index in [9.17, 15) is 9.59 Å². The second-order valence-corrected chi connectivity index (χ2v) is 4.99. The molecule has 3 N–H and O–H groups in total. The molecule has 1 aromatic carbocycles. The summed E-state index contributed by atoms with van der Waals surface area (Å²) in [7, 11) is 0. The first-order chi connectivity index (χ1) is 10.2. The van der Waals surface area contributed by atoms with Crippen LogP contribution in [-0.2, 0) is 16.0 Å². The molecule has 2 aromatic rings. The fraction of sp³-hybridized carbons (Fsp3) is 0.375. The molecule has 1 heterocycles. The normalized spacial score (nSPS) is 10.5. The number of hydrogen-bond acceptors (Lipinski definition) is 2. The van der Waals surface area contributed by atoms with Crippen molar-refractivity contribution in [1.82, 2.24) is 15.6 Å². The highest BCUT2D eigenvalue weighted by atomic mass is 16.2. The Hall–Kier alpha value is -2.30. The molecule has 0 fully saturated rings. The molecule has 0 unspecified atom stereocenters. The molecule has 0 saturated carbocycles. The zero-order chi connectivity index (χ0) is 15.1. The summed E-state index contributed by atoms with van der Waals surface area (Å²) in [6, 6.07) is 8.06. The molecule has 5 heteroatoms. The van der Waals surface area contributed by atoms with Crippen LogP contribution in [0.2, 0.25) is 0 Å². The van der Waals surface area contributed by atoms with Crippen LogP contribution in [0.4, 0.5) is 0 Å². The number of aromatic nitrogens is 1. The van der Waals surface area contributed by atoms with Crippen molar-refractivity contribution in [2.75, 3.05) is 13.1 Å². The van der Waals surface area contributed by atoms with Gasteiger partial charge in [0.05, 0.1) is 0 Å². The van der Waals surface area contributed by atoms with Gasteiger partial charge >= 0.3 is 0 Å². The third kappa shape index (κ3) is 4.34. The maximum atomic E-state index is 11.6. The number of aromatic amines is 1. The Balaban J connectivity index is 1.76. The van der Waals surface area contributed by atoms with Crippen molar-refractivity contribution in [1.29, 1.82) is 0 Å². The van der Waals surface area contributed by atoms with Gasteiger partial charge in [-0.3, -0.25) is 9.59 Å². The van der Waals surface area contributed by atoms with E-state index >= 15 is 0 Å². The minimum absolute atomic E-state index is 0.103. The summed E-state index contributed by atoms with van der Waals surface area (Å²) in [6.07, 6.45) is 3.47. The first-order valence-electron chi connectivity index (χ1n) is 7.29. The van der Waals surface area contributed by atoms with Gasteiger partial charge in [0.15, 0.2) is 0 Å². The number of benzene rings is 1. The minimum atomic E-state index is -0.233. The van der Waals surface area contributed by atoms with Crippen LogP contribution in [0.5, 0.6) is 0 Å². The van der Waals surface area contributed by atoms with Crippen LogP contribution in [0.1, 0.15) is 25.3 Å². The van der Waals surface area contributed by atoms with E-state index in [4.69, 9.17) is 0 Å². The SMILES string of the molecule is CCCNC(=O)CC(=O)NCCc1c[nH]c2ccccc12. The highest BCUT2D eigenvalue weighted by Crippen LogP contribution is 2.17. The van der Waals surface area contributed by atoms with Crippen LogP contribution in [0.3, 0.4) is 0 Å². The Morgan fingerprint density at radius 3 is 2.57 bits per heavy atom. The summed E-state index contributed by atoms with van der Waals surface area (Å²) in [4.78, 5) is 26.2. The van der Waals surface area contributed by atoms with Gasteiger partial charge in [0.2, 0.25) is 11.8 Å². The number of nitrogens with one attached hydrogen (secondary N) is 3. The van der Waals surface area contributed by atoms with E-state index in [1.807, 2.05) is 31.3 Å². The maximum Gasteiger partial charge on any atom is 0.229 e. The minimum Gasteiger partial charge on any atom is -0.361 e. The van der Waals surface area contributed by atoms with E-state index in [-0.39, 0.29) is 18.2 Å². The zero-order valence-electron chi connectivity index (χ0n) is 12.2. The van der Waals surface area contributed by atoms with E-state index in [1.165, 1.54) is 10.9 Å². The standard InChI is InChI=1S/C16H21N3O2/c1-2-8-17-15(20)10-16(21)18-9-7-12-11-19-14-6-4-3-5-13(12)14/h3-6,11,19H,2,7-10H2,1H3,(H,17,20)(H,18,21). The van der Waals surface area contributed by atoms with Crippen LogP contribution in [0, 0.1) is 0 Å². The topological polar surface area (TPSA) is 74.0 Å². The predicted octanol–water partition coefficient (Wildman–Crippen LogP) is 1.74. The van der Waals surface area contributed by atoms with Gasteiger partial charge in [-0.2, -0.15) is 0 Å². The molecule has 0 spiro atoms. The average Bonchev–Trinajstić information content (AvgIpc) is 2.88. The number of rotatable bonds is 7. The van der Waals surface area contributed by atoms with E-state index in [0.29, 0.717) is 13.1 Å². The van der Waals surface area contributed by atoms with Crippen LogP contribution in [0.15, 0.2) is 30.5 Å². The fourth-order valence-electron chi connectivity index (χ4n) is 2.21. The van der Waals surface area contributed by atoms with Crippen molar-refractivity contribution in [3.8, 4) is 0 Å². The predicted molar refractivity (Wildman–Crippen MR) is 82.9 cm³/mol. The Morgan fingerprint density at radius 2 is 1.81 bits per heavy atom. The summed E-state index contributed by atoms with van der Waals surface area (Å²) in [5.41, 5.74) is 2.26. The first kappa shape index (κ1) is 15.1. The van der Waals surface area contributed by atoms with Crippen molar-refractivity contribution in [2.24, 2.45) is 0 Å². The van der Waals surface area contributed by atoms with Gasteiger partial charge in [-0.25, -0.2) is 0 Å². The lowest BCUT2D eigenvalue weighted by atomic mass is 10.1. The monoisotopic (exact) mass is 287 g/mol. The third-order valence-electron chi connectivity index (χ3n) is 3.28. The summed E-state index contributed by atoms with van der Waals surface area (Å²) >= 11 is 0. The molecule has 2 rings (SSSR count). The molecule has 0 atom stereocenters. The molecule has 2 amide bonds. The van der Waals surface area contributed by atoms with Crippen LogP contribution < -0.4 is 10.6 Å². The van der Waals surface area contributed by atoms with E-state index in [2.05, 4.69) is 21.7 Å². The lowest BCUT2D eigenvalue weighted by molar-refractivity contribution is -0.129. The second kappa shape index (κ2) is 7.47. The summed E-state index contributed by atoms with van der Waals surface area (Å²) in [6.45, 7) is 3.12. The first-order valence-corrected chi connectivity index (χ1v) is 7.29. The second-order valence-electron chi connectivity index (χ2n) is 4.99. The summed E-state index contributed by atoms with van der Waals surface area (Å²) in [5.74, 6) is -0.454. The molecule has 21 heavy (non-hydrogen) atoms. The molecule has 0 bridgehead atoms. The summed E-state index contributed by atoms with van der Waals surface area (Å²) in [5, 5.41) is 6.64. The van der Waals surface area contributed by atoms with E-state index in [0.717, 1.165) is 18.4 Å². The highest BCUT2D eigenvalue weighted by Gasteiger charge is 2.08. The number of amides is 2. The van der Waals surface area contributed by atoms with Gasteiger partial charge in [0.1, 0.15) is 6.42 Å². The quantitative estimate of drug-likeness (QED) is 0.679. The smallest absolute Gasteiger partial charge is 0.229 e. The van der Waals surface area contributed by atoms with E-state index < -0.39 is 0 Å². The summed E-state index contributed by atoms with van der Waals surface area (Å²) < 4.78 is 0. The van der Waals surface area contributed by atoms with Crippen LogP contribution in [0.25, 0.3) is 10.9 Å². The van der Waals surface area contributed by atoms with Crippen molar-refractivity contribution < 1.29 is 9.59 Å². The van der Waals surface area contributed by atoms with Gasteiger partial charge < -0.3 is 15.6 Å². The van der Waals surface area contributed by atoms with Crippen molar-refractivity contribution in [2.45, 2.75) is 26.2 Å². The molecule has 0 saturated heterocycles. The number of carbonyl (C=O) groups is 2. The van der Waals surface area contributed by atoms with Crippen molar-refractivity contribution in [3.05, 3.63) is 36.0 Å². The Labute approximate surface area is 124 Å². The third-order valence-corrected chi connectivity index (χ3v) is 3.28. The Kier molecular flexibility index (Phi) is 5.37. The van der Waals surface area contributed by atoms with Gasteiger partial charge in [0.25, 0.3) is 0 Å². The van der Waals surface area contributed by atoms with E-state index in [1.54, 1.807) is 0 Å². The molecular weight excluding hydrogens is 266 g/mol. The molecule has 0 aliphatic heterocycles. The Bertz CT molecular complexity index is 619. The molecule has 1 aromatic heterocycles. The van der Waals surface area contributed by atoms with Gasteiger partial charge in [0, 0.05) is 30.2 Å². The highest BCUT2D eigenvalue weighted by molar-refractivity contribution is 5.96. The Morgan fingerprint density at radius 1 is 1.10 bits per heavy atom.